The van der Waals surface area contributed by atoms with Crippen molar-refractivity contribution in [1.82, 2.24) is 0 Å². The predicted molar refractivity (Wildman–Crippen MR) is 76.3 cm³/mol. The summed E-state index contributed by atoms with van der Waals surface area (Å²) >= 11 is 1.86. The van der Waals surface area contributed by atoms with Gasteiger partial charge in [-0.1, -0.05) is 30.3 Å². The lowest BCUT2D eigenvalue weighted by molar-refractivity contribution is 1.09. The molecule has 88 valence electrons. The van der Waals surface area contributed by atoms with E-state index < -0.39 is 0 Å². The second-order valence-electron chi connectivity index (χ2n) is 4.19. The minimum Gasteiger partial charge on any atom is -0.399 e. The van der Waals surface area contributed by atoms with Crippen LogP contribution in [0.1, 0.15) is 23.3 Å². The van der Waals surface area contributed by atoms with Crippen LogP contribution in [-0.2, 0) is 0 Å². The highest BCUT2D eigenvalue weighted by Crippen LogP contribution is 2.35. The summed E-state index contributed by atoms with van der Waals surface area (Å²) in [7, 11) is 0. The maximum atomic E-state index is 5.82. The Kier molecular flexibility index (Phi) is 3.75. The molecule has 0 aliphatic rings. The Morgan fingerprint density at radius 3 is 2.41 bits per heavy atom. The lowest BCUT2D eigenvalue weighted by atomic mass is 10.2. The van der Waals surface area contributed by atoms with Crippen molar-refractivity contribution in [3.05, 3.63) is 59.7 Å². The molecule has 17 heavy (non-hydrogen) atoms. The molecule has 0 saturated heterocycles. The number of rotatable bonds is 3. The van der Waals surface area contributed by atoms with E-state index >= 15 is 0 Å². The van der Waals surface area contributed by atoms with Crippen LogP contribution < -0.4 is 5.73 Å². The van der Waals surface area contributed by atoms with Crippen LogP contribution in [-0.4, -0.2) is 0 Å². The largest absolute Gasteiger partial charge is 0.399 e. The molecular formula is C15H17NS. The minimum absolute atomic E-state index is 0.458. The first-order chi connectivity index (χ1) is 8.16. The van der Waals surface area contributed by atoms with Gasteiger partial charge in [-0.05, 0) is 43.2 Å². The van der Waals surface area contributed by atoms with Gasteiger partial charge < -0.3 is 5.73 Å². The summed E-state index contributed by atoms with van der Waals surface area (Å²) in [5, 5.41) is 0.458. The fraction of sp³-hybridized carbons (Fsp3) is 0.200. The van der Waals surface area contributed by atoms with Crippen molar-refractivity contribution in [3.63, 3.8) is 0 Å². The summed E-state index contributed by atoms with van der Waals surface area (Å²) in [5.41, 5.74) is 9.19. The molecule has 0 aliphatic carbocycles. The van der Waals surface area contributed by atoms with Gasteiger partial charge in [-0.3, -0.25) is 0 Å². The fourth-order valence-electron chi connectivity index (χ4n) is 1.72. The molecule has 0 fully saturated rings. The predicted octanol–water partition coefficient (Wildman–Crippen LogP) is 4.43. The van der Waals surface area contributed by atoms with Gasteiger partial charge in [0.15, 0.2) is 0 Å². The maximum absolute atomic E-state index is 5.82. The molecule has 2 aromatic carbocycles. The maximum Gasteiger partial charge on any atom is 0.0344 e. The number of hydrogen-bond donors (Lipinski definition) is 1. The van der Waals surface area contributed by atoms with Gasteiger partial charge in [0.05, 0.1) is 0 Å². The molecule has 2 N–H and O–H groups in total. The number of nitrogens with two attached hydrogens (primary N) is 1. The topological polar surface area (TPSA) is 26.0 Å². The van der Waals surface area contributed by atoms with Gasteiger partial charge in [-0.15, -0.1) is 11.8 Å². The van der Waals surface area contributed by atoms with Crippen molar-refractivity contribution in [2.45, 2.75) is 24.0 Å². The van der Waals surface area contributed by atoms with E-state index in [4.69, 9.17) is 5.73 Å². The number of hydrogen-bond acceptors (Lipinski definition) is 2. The molecule has 0 saturated carbocycles. The van der Waals surface area contributed by atoms with Gasteiger partial charge in [0.1, 0.15) is 0 Å². The molecule has 0 heterocycles. The van der Waals surface area contributed by atoms with Crippen molar-refractivity contribution < 1.29 is 0 Å². The molecule has 0 aliphatic heterocycles. The lowest BCUT2D eigenvalue weighted by Gasteiger charge is -2.12. The summed E-state index contributed by atoms with van der Waals surface area (Å²) in [6, 6.07) is 16.8. The average molecular weight is 243 g/mol. The van der Waals surface area contributed by atoms with Gasteiger partial charge in [0, 0.05) is 15.8 Å². The van der Waals surface area contributed by atoms with E-state index in [9.17, 15) is 0 Å². The molecule has 0 spiro atoms. The van der Waals surface area contributed by atoms with Crippen molar-refractivity contribution in [2.75, 3.05) is 5.73 Å². The van der Waals surface area contributed by atoms with Crippen molar-refractivity contribution in [1.29, 1.82) is 0 Å². The molecule has 2 aromatic rings. The molecule has 0 bridgehead atoms. The monoisotopic (exact) mass is 243 g/mol. The van der Waals surface area contributed by atoms with Crippen LogP contribution in [0, 0.1) is 6.92 Å². The lowest BCUT2D eigenvalue weighted by Crippen LogP contribution is -1.91. The van der Waals surface area contributed by atoms with Gasteiger partial charge >= 0.3 is 0 Å². The number of benzene rings is 2. The first kappa shape index (κ1) is 12.1. The zero-order valence-corrected chi connectivity index (χ0v) is 11.0. The standard InChI is InChI=1S/C15H17NS/c1-11-10-14(8-9-15(11)16)17-12(2)13-6-4-3-5-7-13/h3-10,12H,16H2,1-2H3. The molecule has 0 amide bonds. The summed E-state index contributed by atoms with van der Waals surface area (Å²) in [5.74, 6) is 0. The van der Waals surface area contributed by atoms with Gasteiger partial charge in [0.25, 0.3) is 0 Å². The Labute approximate surface area is 107 Å². The van der Waals surface area contributed by atoms with Crippen LogP contribution >= 0.6 is 11.8 Å². The van der Waals surface area contributed by atoms with Crippen LogP contribution in [0.25, 0.3) is 0 Å². The van der Waals surface area contributed by atoms with E-state index in [1.54, 1.807) is 0 Å². The van der Waals surface area contributed by atoms with Gasteiger partial charge in [0.2, 0.25) is 0 Å². The molecule has 2 heteroatoms. The Balaban J connectivity index is 2.13. The third kappa shape index (κ3) is 3.04. The van der Waals surface area contributed by atoms with Crippen LogP contribution in [0.4, 0.5) is 5.69 Å². The first-order valence-corrected chi connectivity index (χ1v) is 6.62. The first-order valence-electron chi connectivity index (χ1n) is 5.74. The minimum atomic E-state index is 0.458. The highest BCUT2D eigenvalue weighted by Gasteiger charge is 2.07. The number of thioether (sulfide) groups is 1. The molecule has 1 nitrogen and oxygen atoms in total. The van der Waals surface area contributed by atoms with E-state index in [0.29, 0.717) is 5.25 Å². The van der Waals surface area contributed by atoms with Crippen LogP contribution in [0.2, 0.25) is 0 Å². The fourth-order valence-corrected chi connectivity index (χ4v) is 2.81. The number of aryl methyl sites for hydroxylation is 1. The molecular weight excluding hydrogens is 226 g/mol. The van der Waals surface area contributed by atoms with Gasteiger partial charge in [-0.25, -0.2) is 0 Å². The van der Waals surface area contributed by atoms with Crippen LogP contribution in [0.3, 0.4) is 0 Å². The van der Waals surface area contributed by atoms with E-state index in [2.05, 4.69) is 43.3 Å². The molecule has 0 radical (unpaired) electrons. The zero-order chi connectivity index (χ0) is 12.3. The van der Waals surface area contributed by atoms with Crippen molar-refractivity contribution in [3.8, 4) is 0 Å². The number of nitrogen functional groups attached to an aromatic ring is 1. The Morgan fingerprint density at radius 2 is 1.76 bits per heavy atom. The smallest absolute Gasteiger partial charge is 0.0344 e. The zero-order valence-electron chi connectivity index (χ0n) is 10.2. The third-order valence-corrected chi connectivity index (χ3v) is 3.97. The molecule has 0 aromatic heterocycles. The van der Waals surface area contributed by atoms with Crippen LogP contribution in [0.15, 0.2) is 53.4 Å². The highest BCUT2D eigenvalue weighted by atomic mass is 32.2. The summed E-state index contributed by atoms with van der Waals surface area (Å²) in [4.78, 5) is 1.27. The Morgan fingerprint density at radius 1 is 1.06 bits per heavy atom. The summed E-state index contributed by atoms with van der Waals surface area (Å²) in [6.45, 7) is 4.28. The third-order valence-electron chi connectivity index (χ3n) is 2.82. The molecule has 1 unspecified atom stereocenters. The van der Waals surface area contributed by atoms with Gasteiger partial charge in [-0.2, -0.15) is 0 Å². The van der Waals surface area contributed by atoms with E-state index in [-0.39, 0.29) is 0 Å². The van der Waals surface area contributed by atoms with E-state index in [1.807, 2.05) is 30.8 Å². The number of anilines is 1. The summed E-state index contributed by atoms with van der Waals surface area (Å²) in [6.07, 6.45) is 0. The summed E-state index contributed by atoms with van der Waals surface area (Å²) < 4.78 is 0. The van der Waals surface area contributed by atoms with Crippen molar-refractivity contribution >= 4 is 17.4 Å². The SMILES string of the molecule is Cc1cc(SC(C)c2ccccc2)ccc1N. The van der Waals surface area contributed by atoms with Crippen LogP contribution in [0.5, 0.6) is 0 Å². The normalized spacial score (nSPS) is 12.4. The second-order valence-corrected chi connectivity index (χ2v) is 5.60. The molecule has 1 atom stereocenters. The van der Waals surface area contributed by atoms with Crippen molar-refractivity contribution in [2.24, 2.45) is 0 Å². The highest BCUT2D eigenvalue weighted by molar-refractivity contribution is 7.99. The molecule has 2 rings (SSSR count). The average Bonchev–Trinajstić information content (AvgIpc) is 2.35. The van der Waals surface area contributed by atoms with E-state index in [0.717, 1.165) is 11.3 Å². The Bertz CT molecular complexity index is 494. The second kappa shape index (κ2) is 5.28. The quantitative estimate of drug-likeness (QED) is 0.637. The Hall–Kier alpha value is -1.41. The van der Waals surface area contributed by atoms with E-state index in [1.165, 1.54) is 10.5 Å².